The maximum atomic E-state index is 11.8. The molecular weight excluding hydrogens is 272 g/mol. The summed E-state index contributed by atoms with van der Waals surface area (Å²) in [4.78, 5) is 26.2. The fourth-order valence-electron chi connectivity index (χ4n) is 1.41. The number of nitrogens with zero attached hydrogens (tertiary/aromatic N) is 1. The number of aryl methyl sites for hydroxylation is 1. The van der Waals surface area contributed by atoms with Gasteiger partial charge in [-0.05, 0) is 18.6 Å². The van der Waals surface area contributed by atoms with E-state index >= 15 is 0 Å². The molecule has 0 saturated carbocycles. The standard InChI is InChI=1S/C12H15ClN2O4/c1-2-8-5-7(6-10(13)15-8)11(17)14-4-3-9(16)12(18)19/h5-6,9,16H,2-4H2,1H3,(H,14,17)(H,18,19). The number of hydrogen-bond acceptors (Lipinski definition) is 4. The molecule has 1 heterocycles. The summed E-state index contributed by atoms with van der Waals surface area (Å²) in [5.74, 6) is -1.69. The van der Waals surface area contributed by atoms with Gasteiger partial charge in [-0.3, -0.25) is 4.79 Å². The van der Waals surface area contributed by atoms with Crippen LogP contribution in [0, 0.1) is 0 Å². The quantitative estimate of drug-likeness (QED) is 0.674. The first-order valence-corrected chi connectivity index (χ1v) is 6.17. The molecule has 0 fully saturated rings. The number of nitrogens with one attached hydrogen (secondary N) is 1. The van der Waals surface area contributed by atoms with Crippen molar-refractivity contribution >= 4 is 23.5 Å². The molecule has 0 saturated heterocycles. The second kappa shape index (κ2) is 7.06. The van der Waals surface area contributed by atoms with Gasteiger partial charge in [-0.25, -0.2) is 9.78 Å². The Morgan fingerprint density at radius 3 is 2.74 bits per heavy atom. The second-order valence-electron chi connectivity index (χ2n) is 3.92. The van der Waals surface area contributed by atoms with Crippen LogP contribution in [0.3, 0.4) is 0 Å². The van der Waals surface area contributed by atoms with Crippen LogP contribution in [0.15, 0.2) is 12.1 Å². The smallest absolute Gasteiger partial charge is 0.332 e. The average molecular weight is 287 g/mol. The van der Waals surface area contributed by atoms with Gasteiger partial charge in [0.05, 0.1) is 0 Å². The Morgan fingerprint density at radius 1 is 1.47 bits per heavy atom. The predicted molar refractivity (Wildman–Crippen MR) is 69.2 cm³/mol. The molecular formula is C12H15ClN2O4. The third-order valence-electron chi connectivity index (χ3n) is 2.46. The van der Waals surface area contributed by atoms with Gasteiger partial charge in [-0.1, -0.05) is 18.5 Å². The van der Waals surface area contributed by atoms with Gasteiger partial charge in [0.1, 0.15) is 5.15 Å². The Bertz CT molecular complexity index is 479. The van der Waals surface area contributed by atoms with Crippen LogP contribution in [0.1, 0.15) is 29.4 Å². The molecule has 0 aliphatic rings. The van der Waals surface area contributed by atoms with Gasteiger partial charge in [0.25, 0.3) is 5.91 Å². The van der Waals surface area contributed by atoms with E-state index in [1.165, 1.54) is 6.07 Å². The molecule has 6 nitrogen and oxygen atoms in total. The maximum Gasteiger partial charge on any atom is 0.332 e. The number of carbonyl (C=O) groups is 2. The number of aliphatic hydroxyl groups excluding tert-OH is 1. The first-order valence-electron chi connectivity index (χ1n) is 5.79. The number of rotatable bonds is 6. The molecule has 19 heavy (non-hydrogen) atoms. The highest BCUT2D eigenvalue weighted by molar-refractivity contribution is 6.29. The van der Waals surface area contributed by atoms with Gasteiger partial charge >= 0.3 is 5.97 Å². The minimum Gasteiger partial charge on any atom is -0.479 e. The van der Waals surface area contributed by atoms with Crippen LogP contribution >= 0.6 is 11.6 Å². The number of amides is 1. The second-order valence-corrected chi connectivity index (χ2v) is 4.31. The summed E-state index contributed by atoms with van der Waals surface area (Å²) in [5.41, 5.74) is 1.06. The van der Waals surface area contributed by atoms with E-state index in [9.17, 15) is 9.59 Å². The Morgan fingerprint density at radius 2 is 2.16 bits per heavy atom. The van der Waals surface area contributed by atoms with E-state index in [4.69, 9.17) is 21.8 Å². The van der Waals surface area contributed by atoms with Crippen molar-refractivity contribution in [2.75, 3.05) is 6.54 Å². The van der Waals surface area contributed by atoms with E-state index in [2.05, 4.69) is 10.3 Å². The molecule has 0 aliphatic carbocycles. The Balaban J connectivity index is 2.58. The molecule has 0 radical (unpaired) electrons. The van der Waals surface area contributed by atoms with Crippen molar-refractivity contribution in [2.45, 2.75) is 25.9 Å². The zero-order chi connectivity index (χ0) is 14.4. The molecule has 1 unspecified atom stereocenters. The van der Waals surface area contributed by atoms with Gasteiger partial charge in [-0.15, -0.1) is 0 Å². The van der Waals surface area contributed by atoms with Crippen LogP contribution in [0.2, 0.25) is 5.15 Å². The van der Waals surface area contributed by atoms with Gasteiger partial charge in [0, 0.05) is 24.2 Å². The van der Waals surface area contributed by atoms with Crippen LogP contribution in [0.25, 0.3) is 0 Å². The third kappa shape index (κ3) is 4.84. The van der Waals surface area contributed by atoms with E-state index in [1.54, 1.807) is 6.07 Å². The van der Waals surface area contributed by atoms with E-state index < -0.39 is 12.1 Å². The fraction of sp³-hybridized carbons (Fsp3) is 0.417. The van der Waals surface area contributed by atoms with Gasteiger partial charge in [0.15, 0.2) is 6.10 Å². The number of aliphatic hydroxyl groups is 1. The minimum absolute atomic E-state index is 0.0550. The van der Waals surface area contributed by atoms with Crippen LogP contribution < -0.4 is 5.32 Å². The van der Waals surface area contributed by atoms with Crippen molar-refractivity contribution in [1.82, 2.24) is 10.3 Å². The molecule has 0 spiro atoms. The number of aliphatic carboxylic acids is 1. The average Bonchev–Trinajstić information content (AvgIpc) is 2.37. The molecule has 1 atom stereocenters. The van der Waals surface area contributed by atoms with E-state index in [-0.39, 0.29) is 24.0 Å². The number of carbonyl (C=O) groups excluding carboxylic acids is 1. The van der Waals surface area contributed by atoms with Crippen LogP contribution in [-0.2, 0) is 11.2 Å². The summed E-state index contributed by atoms with van der Waals surface area (Å²) in [7, 11) is 0. The summed E-state index contributed by atoms with van der Waals surface area (Å²) in [6, 6.07) is 3.05. The number of pyridine rings is 1. The number of halogens is 1. The normalized spacial score (nSPS) is 11.9. The lowest BCUT2D eigenvalue weighted by Crippen LogP contribution is -2.30. The number of carboxylic acids is 1. The maximum absolute atomic E-state index is 11.8. The lowest BCUT2D eigenvalue weighted by molar-refractivity contribution is -0.146. The molecule has 1 amide bonds. The van der Waals surface area contributed by atoms with Crippen molar-refractivity contribution in [3.05, 3.63) is 28.5 Å². The van der Waals surface area contributed by atoms with E-state index in [0.717, 1.165) is 0 Å². The van der Waals surface area contributed by atoms with Crippen molar-refractivity contribution < 1.29 is 19.8 Å². The van der Waals surface area contributed by atoms with Gasteiger partial charge < -0.3 is 15.5 Å². The Labute approximate surface area is 115 Å². The van der Waals surface area contributed by atoms with Gasteiger partial charge in [0.2, 0.25) is 0 Å². The van der Waals surface area contributed by atoms with Crippen LogP contribution in [-0.4, -0.2) is 39.7 Å². The third-order valence-corrected chi connectivity index (χ3v) is 2.65. The summed E-state index contributed by atoms with van der Waals surface area (Å²) < 4.78 is 0. The van der Waals surface area contributed by atoms with Crippen molar-refractivity contribution in [1.29, 1.82) is 0 Å². The lowest BCUT2D eigenvalue weighted by Gasteiger charge is -2.08. The molecule has 1 aromatic rings. The van der Waals surface area contributed by atoms with Crippen molar-refractivity contribution in [2.24, 2.45) is 0 Å². The first kappa shape index (κ1) is 15.4. The molecule has 7 heteroatoms. The highest BCUT2D eigenvalue weighted by atomic mass is 35.5. The zero-order valence-electron chi connectivity index (χ0n) is 10.4. The van der Waals surface area contributed by atoms with Crippen LogP contribution in [0.5, 0.6) is 0 Å². The Kier molecular flexibility index (Phi) is 5.72. The van der Waals surface area contributed by atoms with Crippen molar-refractivity contribution in [3.8, 4) is 0 Å². The topological polar surface area (TPSA) is 99.5 Å². The number of carboxylic acid groups (broad SMARTS) is 1. The first-order chi connectivity index (χ1) is 8.93. The summed E-state index contributed by atoms with van der Waals surface area (Å²) in [6.45, 7) is 1.96. The van der Waals surface area contributed by atoms with E-state index in [1.807, 2.05) is 6.92 Å². The largest absolute Gasteiger partial charge is 0.479 e. The number of aromatic nitrogens is 1. The lowest BCUT2D eigenvalue weighted by atomic mass is 10.2. The highest BCUT2D eigenvalue weighted by Gasteiger charge is 2.14. The summed E-state index contributed by atoms with van der Waals surface area (Å²) in [6.07, 6.45) is -0.883. The highest BCUT2D eigenvalue weighted by Crippen LogP contribution is 2.11. The number of hydrogen-bond donors (Lipinski definition) is 3. The SMILES string of the molecule is CCc1cc(C(=O)NCCC(O)C(=O)O)cc(Cl)n1. The molecule has 0 aromatic carbocycles. The molecule has 1 rings (SSSR count). The summed E-state index contributed by atoms with van der Waals surface area (Å²) >= 11 is 5.79. The van der Waals surface area contributed by atoms with Gasteiger partial charge in [-0.2, -0.15) is 0 Å². The fourth-order valence-corrected chi connectivity index (χ4v) is 1.64. The predicted octanol–water partition coefficient (Wildman–Crippen LogP) is 0.863. The monoisotopic (exact) mass is 286 g/mol. The molecule has 3 N–H and O–H groups in total. The zero-order valence-corrected chi connectivity index (χ0v) is 11.1. The van der Waals surface area contributed by atoms with E-state index in [0.29, 0.717) is 17.7 Å². The molecule has 0 bridgehead atoms. The minimum atomic E-state index is -1.48. The molecule has 104 valence electrons. The van der Waals surface area contributed by atoms with Crippen LogP contribution in [0.4, 0.5) is 0 Å². The molecule has 0 aliphatic heterocycles. The summed E-state index contributed by atoms with van der Waals surface area (Å²) in [5, 5.41) is 20.3. The Hall–Kier alpha value is -1.66. The molecule has 1 aromatic heterocycles. The van der Waals surface area contributed by atoms with Crippen molar-refractivity contribution in [3.63, 3.8) is 0 Å².